The maximum absolute atomic E-state index is 12.8. The zero-order valence-corrected chi connectivity index (χ0v) is 14.8. The zero-order chi connectivity index (χ0) is 18.6. The van der Waals surface area contributed by atoms with Crippen molar-refractivity contribution in [2.45, 2.75) is 31.5 Å². The number of hydrogen-bond donors (Lipinski definition) is 4. The molecular formula is C16H23N3O5S. The third-order valence-electron chi connectivity index (χ3n) is 4.10. The van der Waals surface area contributed by atoms with E-state index < -0.39 is 22.9 Å². The Morgan fingerprint density at radius 3 is 2.56 bits per heavy atom. The number of nitrogens with one attached hydrogen (secondary N) is 1. The Kier molecular flexibility index (Phi) is 6.38. The Morgan fingerprint density at radius 1 is 1.24 bits per heavy atom. The molecule has 1 aliphatic heterocycles. The molecule has 1 aromatic rings. The number of piperazine rings is 1. The number of phenolic OH excluding ortho intramolecular Hbond substituents is 2. The van der Waals surface area contributed by atoms with Gasteiger partial charge in [0, 0.05) is 29.4 Å². The minimum absolute atomic E-state index is 0.108. The molecule has 1 fully saturated rings. The first-order chi connectivity index (χ1) is 11.8. The van der Waals surface area contributed by atoms with Crippen molar-refractivity contribution in [2.24, 2.45) is 5.73 Å². The lowest BCUT2D eigenvalue weighted by molar-refractivity contribution is -0.150. The van der Waals surface area contributed by atoms with E-state index >= 15 is 0 Å². The first-order valence-corrected chi connectivity index (χ1v) is 9.68. The molecule has 0 aliphatic carbocycles. The third kappa shape index (κ3) is 4.70. The van der Waals surface area contributed by atoms with Gasteiger partial charge < -0.3 is 26.2 Å². The van der Waals surface area contributed by atoms with Crippen LogP contribution < -0.4 is 11.1 Å². The number of hydrogen-bond acceptors (Lipinski definition) is 6. The van der Waals surface area contributed by atoms with Gasteiger partial charge in [0.25, 0.3) is 0 Å². The molecule has 0 aromatic heterocycles. The summed E-state index contributed by atoms with van der Waals surface area (Å²) in [5.41, 5.74) is 6.15. The number of nitrogens with two attached hydrogens (primary N) is 1. The lowest BCUT2D eigenvalue weighted by atomic mass is 10.0. The van der Waals surface area contributed by atoms with E-state index in [1.54, 1.807) is 12.3 Å². The zero-order valence-electron chi connectivity index (χ0n) is 14.0. The van der Waals surface area contributed by atoms with Gasteiger partial charge in [-0.05, 0) is 37.1 Å². The lowest BCUT2D eigenvalue weighted by Crippen LogP contribution is -2.63. The Labute approximate surface area is 148 Å². The number of carbonyl (C=O) groups excluding carboxylic acids is 2. The Morgan fingerprint density at radius 2 is 1.96 bits per heavy atom. The second kappa shape index (κ2) is 8.30. The van der Waals surface area contributed by atoms with Crippen molar-refractivity contribution < 1.29 is 24.0 Å². The van der Waals surface area contributed by atoms with Gasteiger partial charge in [0.1, 0.15) is 12.1 Å². The second-order valence-corrected chi connectivity index (χ2v) is 7.56. The molecule has 0 saturated carbocycles. The standard InChI is InChI=1S/C16H23N3O5S/c1-25(24)7-5-11-16(23)19(12(4-6-17)15(22)18-11)9-10-2-3-13(20)14(21)8-10/h2-3,8,11-12,20-21H,4-7,9,17H2,1H3,(H,18,22). The summed E-state index contributed by atoms with van der Waals surface area (Å²) < 4.78 is 11.3. The normalized spacial score (nSPS) is 21.9. The van der Waals surface area contributed by atoms with Crippen molar-refractivity contribution in [1.29, 1.82) is 0 Å². The summed E-state index contributed by atoms with van der Waals surface area (Å²) in [6, 6.07) is 2.83. The lowest BCUT2D eigenvalue weighted by Gasteiger charge is -2.39. The van der Waals surface area contributed by atoms with E-state index in [1.165, 1.54) is 17.0 Å². The van der Waals surface area contributed by atoms with E-state index in [-0.39, 0.29) is 36.4 Å². The number of amides is 2. The highest BCUT2D eigenvalue weighted by Crippen LogP contribution is 2.27. The van der Waals surface area contributed by atoms with Gasteiger partial charge in [-0.3, -0.25) is 13.8 Å². The number of nitrogens with zero attached hydrogens (tertiary/aromatic N) is 1. The van der Waals surface area contributed by atoms with Crippen LogP contribution in [0.5, 0.6) is 11.5 Å². The summed E-state index contributed by atoms with van der Waals surface area (Å²) in [6.45, 7) is 0.350. The molecule has 1 saturated heterocycles. The van der Waals surface area contributed by atoms with Gasteiger partial charge in [-0.25, -0.2) is 0 Å². The molecule has 1 aromatic carbocycles. The van der Waals surface area contributed by atoms with E-state index in [1.807, 2.05) is 0 Å². The molecule has 0 radical (unpaired) electrons. The third-order valence-corrected chi connectivity index (χ3v) is 4.91. The topological polar surface area (TPSA) is 133 Å². The van der Waals surface area contributed by atoms with Gasteiger partial charge in [0.05, 0.1) is 0 Å². The van der Waals surface area contributed by atoms with Crippen molar-refractivity contribution in [1.82, 2.24) is 10.2 Å². The first kappa shape index (κ1) is 19.2. The molecule has 138 valence electrons. The molecule has 8 nitrogen and oxygen atoms in total. The quantitative estimate of drug-likeness (QED) is 0.475. The molecule has 25 heavy (non-hydrogen) atoms. The molecule has 3 unspecified atom stereocenters. The molecule has 9 heteroatoms. The van der Waals surface area contributed by atoms with E-state index in [9.17, 15) is 24.0 Å². The Hall–Kier alpha value is -2.13. The van der Waals surface area contributed by atoms with Crippen molar-refractivity contribution in [3.8, 4) is 11.5 Å². The summed E-state index contributed by atoms with van der Waals surface area (Å²) in [5, 5.41) is 21.7. The van der Waals surface area contributed by atoms with Crippen molar-refractivity contribution in [3.63, 3.8) is 0 Å². The molecule has 0 spiro atoms. The van der Waals surface area contributed by atoms with Crippen molar-refractivity contribution in [2.75, 3.05) is 18.6 Å². The number of rotatable bonds is 7. The van der Waals surface area contributed by atoms with Gasteiger partial charge in [-0.1, -0.05) is 6.07 Å². The van der Waals surface area contributed by atoms with Crippen LogP contribution in [0.15, 0.2) is 18.2 Å². The number of phenols is 2. The van der Waals surface area contributed by atoms with Crippen LogP contribution in [0.1, 0.15) is 18.4 Å². The van der Waals surface area contributed by atoms with Gasteiger partial charge in [-0.2, -0.15) is 0 Å². The number of aromatic hydroxyl groups is 2. The van der Waals surface area contributed by atoms with Gasteiger partial charge in [0.15, 0.2) is 11.5 Å². The fraction of sp³-hybridized carbons (Fsp3) is 0.500. The SMILES string of the molecule is CS(=O)CCC1NC(=O)C(CCN)N(Cc2ccc(O)c(O)c2)C1=O. The molecule has 3 atom stereocenters. The highest BCUT2D eigenvalue weighted by molar-refractivity contribution is 7.84. The maximum Gasteiger partial charge on any atom is 0.246 e. The van der Waals surface area contributed by atoms with Crippen molar-refractivity contribution >= 4 is 22.6 Å². The van der Waals surface area contributed by atoms with Crippen LogP contribution in [0.3, 0.4) is 0 Å². The summed E-state index contributed by atoms with van der Waals surface area (Å²) in [6.07, 6.45) is 2.15. The van der Waals surface area contributed by atoms with Crippen molar-refractivity contribution in [3.05, 3.63) is 23.8 Å². The van der Waals surface area contributed by atoms with Gasteiger partial charge >= 0.3 is 0 Å². The summed E-state index contributed by atoms with van der Waals surface area (Å²) in [4.78, 5) is 26.6. The van der Waals surface area contributed by atoms with Crippen LogP contribution in [0, 0.1) is 0 Å². The average molecular weight is 369 g/mol. The highest BCUT2D eigenvalue weighted by Gasteiger charge is 2.39. The van der Waals surface area contributed by atoms with E-state index in [0.717, 1.165) is 0 Å². The molecule has 1 heterocycles. The van der Waals surface area contributed by atoms with E-state index in [4.69, 9.17) is 5.73 Å². The van der Waals surface area contributed by atoms with E-state index in [0.29, 0.717) is 24.2 Å². The van der Waals surface area contributed by atoms with Crippen LogP contribution in [0.25, 0.3) is 0 Å². The summed E-state index contributed by atoms with van der Waals surface area (Å²) in [5.74, 6) is -0.796. The molecule has 5 N–H and O–H groups in total. The molecule has 2 amide bonds. The second-order valence-electron chi connectivity index (χ2n) is 6.01. The number of benzene rings is 1. The Balaban J connectivity index is 2.23. The van der Waals surface area contributed by atoms with Crippen LogP contribution in [0.4, 0.5) is 0 Å². The predicted octanol–water partition coefficient (Wildman–Crippen LogP) is -0.589. The molecule has 2 rings (SSSR count). The number of carbonyl (C=O) groups is 2. The van der Waals surface area contributed by atoms with Crippen LogP contribution in [0.2, 0.25) is 0 Å². The van der Waals surface area contributed by atoms with Crippen LogP contribution in [-0.4, -0.2) is 61.8 Å². The van der Waals surface area contributed by atoms with Gasteiger partial charge in [-0.15, -0.1) is 0 Å². The fourth-order valence-corrected chi connectivity index (χ4v) is 3.37. The predicted molar refractivity (Wildman–Crippen MR) is 93.3 cm³/mol. The summed E-state index contributed by atoms with van der Waals surface area (Å²) in [7, 11) is -1.06. The fourth-order valence-electron chi connectivity index (χ4n) is 2.80. The summed E-state index contributed by atoms with van der Waals surface area (Å²) >= 11 is 0. The first-order valence-electron chi connectivity index (χ1n) is 7.95. The van der Waals surface area contributed by atoms with Gasteiger partial charge in [0.2, 0.25) is 11.8 Å². The largest absolute Gasteiger partial charge is 0.504 e. The molecular weight excluding hydrogens is 346 g/mol. The van der Waals surface area contributed by atoms with Crippen LogP contribution >= 0.6 is 0 Å². The monoisotopic (exact) mass is 369 g/mol. The Bertz CT molecular complexity index is 682. The smallest absolute Gasteiger partial charge is 0.246 e. The van der Waals surface area contributed by atoms with Crippen LogP contribution in [-0.2, 0) is 26.9 Å². The average Bonchev–Trinajstić information content (AvgIpc) is 2.55. The minimum Gasteiger partial charge on any atom is -0.504 e. The minimum atomic E-state index is -1.06. The highest BCUT2D eigenvalue weighted by atomic mass is 32.2. The van der Waals surface area contributed by atoms with E-state index in [2.05, 4.69) is 5.32 Å². The maximum atomic E-state index is 12.8. The molecule has 1 aliphatic rings. The molecule has 0 bridgehead atoms.